The predicted octanol–water partition coefficient (Wildman–Crippen LogP) is 3.46. The second-order valence-electron chi connectivity index (χ2n) is 7.32. The summed E-state index contributed by atoms with van der Waals surface area (Å²) in [6.45, 7) is 1.93. The fraction of sp³-hybridized carbons (Fsp3) is 0.286. The topological polar surface area (TPSA) is 110 Å². The van der Waals surface area contributed by atoms with Gasteiger partial charge in [-0.25, -0.2) is 13.1 Å². The zero-order valence-electron chi connectivity index (χ0n) is 17.1. The van der Waals surface area contributed by atoms with Crippen LogP contribution in [0.2, 0.25) is 0 Å². The molecule has 1 atom stereocenters. The van der Waals surface area contributed by atoms with Gasteiger partial charge in [0, 0.05) is 11.6 Å². The van der Waals surface area contributed by atoms with Crippen molar-refractivity contribution in [1.29, 1.82) is 0 Å². The van der Waals surface area contributed by atoms with Gasteiger partial charge >= 0.3 is 0 Å². The minimum Gasteiger partial charge on any atom is -0.497 e. The number of sulfonamides is 1. The van der Waals surface area contributed by atoms with Crippen LogP contribution in [0, 0.1) is 6.92 Å². The van der Waals surface area contributed by atoms with Crippen molar-refractivity contribution in [1.82, 2.24) is 14.9 Å². The maximum Gasteiger partial charge on any atom is 0.270 e. The van der Waals surface area contributed by atoms with Gasteiger partial charge in [0.05, 0.1) is 7.11 Å². The van der Waals surface area contributed by atoms with Crippen molar-refractivity contribution in [3.63, 3.8) is 0 Å². The van der Waals surface area contributed by atoms with Crippen LogP contribution in [0.25, 0.3) is 0 Å². The summed E-state index contributed by atoms with van der Waals surface area (Å²) in [6, 6.07) is 12.4. The van der Waals surface area contributed by atoms with Crippen LogP contribution in [0.1, 0.15) is 45.9 Å². The second kappa shape index (κ2) is 8.74. The third-order valence-corrected chi connectivity index (χ3v) is 7.81. The van der Waals surface area contributed by atoms with Gasteiger partial charge in [0.15, 0.2) is 0 Å². The summed E-state index contributed by atoms with van der Waals surface area (Å²) in [5, 5.41) is 10.3. The highest BCUT2D eigenvalue weighted by Gasteiger charge is 2.28. The van der Waals surface area contributed by atoms with Gasteiger partial charge in [-0.3, -0.25) is 10.1 Å². The number of carbonyl (C=O) groups is 1. The number of ether oxygens (including phenoxy) is 1. The van der Waals surface area contributed by atoms with E-state index < -0.39 is 10.0 Å². The Morgan fingerprint density at radius 1 is 1.16 bits per heavy atom. The Morgan fingerprint density at radius 3 is 2.68 bits per heavy atom. The first-order valence-corrected chi connectivity index (χ1v) is 12.1. The SMILES string of the molecule is COc1ccc2c(c1)CCC[C@@H]2NS(=O)(=O)c1nnc(NC(=O)c2ccc(C)cc2)s1. The molecule has 0 saturated carbocycles. The van der Waals surface area contributed by atoms with Crippen molar-refractivity contribution in [3.05, 3.63) is 64.7 Å². The van der Waals surface area contributed by atoms with Crippen LogP contribution >= 0.6 is 11.3 Å². The molecule has 10 heteroatoms. The second-order valence-corrected chi connectivity index (χ2v) is 10.2. The summed E-state index contributed by atoms with van der Waals surface area (Å²) in [6.07, 6.45) is 2.43. The maximum atomic E-state index is 12.9. The fourth-order valence-corrected chi connectivity index (χ4v) is 5.68. The fourth-order valence-electron chi connectivity index (χ4n) is 3.52. The summed E-state index contributed by atoms with van der Waals surface area (Å²) in [5.74, 6) is 0.378. The average Bonchev–Trinajstić information content (AvgIpc) is 3.23. The van der Waals surface area contributed by atoms with Gasteiger partial charge in [0.25, 0.3) is 15.9 Å². The van der Waals surface area contributed by atoms with E-state index in [4.69, 9.17) is 4.74 Å². The Morgan fingerprint density at radius 2 is 1.94 bits per heavy atom. The van der Waals surface area contributed by atoms with Crippen molar-refractivity contribution in [2.45, 2.75) is 36.6 Å². The van der Waals surface area contributed by atoms with Crippen molar-refractivity contribution in [2.75, 3.05) is 12.4 Å². The molecular weight excluding hydrogens is 436 g/mol. The first kappa shape index (κ1) is 21.4. The number of carbonyl (C=O) groups excluding carboxylic acids is 1. The Kier molecular flexibility index (Phi) is 6.03. The number of aryl methyl sites for hydroxylation is 2. The number of nitrogens with one attached hydrogen (secondary N) is 2. The van der Waals surface area contributed by atoms with Gasteiger partial charge in [-0.2, -0.15) is 0 Å². The Bertz CT molecular complexity index is 1210. The van der Waals surface area contributed by atoms with Crippen molar-refractivity contribution >= 4 is 32.4 Å². The molecule has 1 aliphatic carbocycles. The zero-order valence-corrected chi connectivity index (χ0v) is 18.7. The van der Waals surface area contributed by atoms with Gasteiger partial charge in [-0.05, 0) is 61.6 Å². The molecule has 8 nitrogen and oxygen atoms in total. The number of rotatable bonds is 6. The number of aromatic nitrogens is 2. The van der Waals surface area contributed by atoms with Crippen LogP contribution < -0.4 is 14.8 Å². The molecule has 0 spiro atoms. The number of fused-ring (bicyclic) bond motifs is 1. The monoisotopic (exact) mass is 458 g/mol. The van der Waals surface area contributed by atoms with Gasteiger partial charge in [0.2, 0.25) is 9.47 Å². The predicted molar refractivity (Wildman–Crippen MR) is 118 cm³/mol. The molecule has 31 heavy (non-hydrogen) atoms. The Hall–Kier alpha value is -2.82. The van der Waals surface area contributed by atoms with Crippen LogP contribution in [0.15, 0.2) is 46.8 Å². The summed E-state index contributed by atoms with van der Waals surface area (Å²) < 4.78 is 33.6. The number of amides is 1. The largest absolute Gasteiger partial charge is 0.497 e. The van der Waals surface area contributed by atoms with Crippen LogP contribution in [-0.4, -0.2) is 31.6 Å². The number of nitrogens with zero attached hydrogens (tertiary/aromatic N) is 2. The average molecular weight is 459 g/mol. The van der Waals surface area contributed by atoms with Gasteiger partial charge < -0.3 is 4.74 Å². The lowest BCUT2D eigenvalue weighted by molar-refractivity contribution is 0.102. The molecule has 2 aromatic carbocycles. The highest BCUT2D eigenvalue weighted by atomic mass is 32.2. The maximum absolute atomic E-state index is 12.9. The van der Waals surface area contributed by atoms with E-state index >= 15 is 0 Å². The standard InChI is InChI=1S/C21H22N4O4S2/c1-13-6-8-14(9-7-13)19(26)22-20-23-24-21(30-20)31(27,28)25-18-5-3-4-15-12-16(29-2)10-11-17(15)18/h6-12,18,25H,3-5H2,1-2H3,(H,22,23,26)/t18-/m0/s1. The number of methoxy groups -OCH3 is 1. The lowest BCUT2D eigenvalue weighted by Crippen LogP contribution is -2.31. The molecule has 1 heterocycles. The lowest BCUT2D eigenvalue weighted by Gasteiger charge is -2.26. The third-order valence-electron chi connectivity index (χ3n) is 5.13. The van der Waals surface area contributed by atoms with E-state index in [1.807, 2.05) is 37.3 Å². The van der Waals surface area contributed by atoms with Gasteiger partial charge in [0.1, 0.15) is 5.75 Å². The smallest absolute Gasteiger partial charge is 0.270 e. The van der Waals surface area contributed by atoms with E-state index in [1.54, 1.807) is 19.2 Å². The molecule has 0 bridgehead atoms. The molecule has 1 aliphatic rings. The van der Waals surface area contributed by atoms with Crippen molar-refractivity contribution in [2.24, 2.45) is 0 Å². The highest BCUT2D eigenvalue weighted by Crippen LogP contribution is 2.33. The minimum absolute atomic E-state index is 0.125. The van der Waals surface area contributed by atoms with E-state index in [0.29, 0.717) is 12.0 Å². The van der Waals surface area contributed by atoms with Gasteiger partial charge in [-0.15, -0.1) is 10.2 Å². The number of benzene rings is 2. The number of hydrogen-bond donors (Lipinski definition) is 2. The molecule has 3 aromatic rings. The van der Waals surface area contributed by atoms with Crippen LogP contribution in [0.3, 0.4) is 0 Å². The first-order valence-electron chi connectivity index (χ1n) is 9.76. The lowest BCUT2D eigenvalue weighted by atomic mass is 9.88. The van der Waals surface area contributed by atoms with Crippen LogP contribution in [0.5, 0.6) is 5.75 Å². The van der Waals surface area contributed by atoms with E-state index in [0.717, 1.165) is 46.6 Å². The molecule has 0 radical (unpaired) electrons. The molecular formula is C21H22N4O4S2. The highest BCUT2D eigenvalue weighted by molar-refractivity contribution is 7.91. The summed E-state index contributed by atoms with van der Waals surface area (Å²) in [4.78, 5) is 12.3. The molecule has 0 aliphatic heterocycles. The van der Waals surface area contributed by atoms with Crippen LogP contribution in [-0.2, 0) is 16.4 Å². The Labute approximate surface area is 184 Å². The molecule has 0 saturated heterocycles. The van der Waals surface area contributed by atoms with Gasteiger partial charge in [-0.1, -0.05) is 35.1 Å². The van der Waals surface area contributed by atoms with E-state index in [9.17, 15) is 13.2 Å². The van der Waals surface area contributed by atoms with Crippen LogP contribution in [0.4, 0.5) is 5.13 Å². The summed E-state index contributed by atoms with van der Waals surface area (Å²) in [5.41, 5.74) is 3.50. The summed E-state index contributed by atoms with van der Waals surface area (Å²) >= 11 is 0.817. The molecule has 1 aromatic heterocycles. The molecule has 2 N–H and O–H groups in total. The Balaban J connectivity index is 1.49. The quantitative estimate of drug-likeness (QED) is 0.548. The molecule has 1 amide bonds. The number of hydrogen-bond acceptors (Lipinski definition) is 7. The van der Waals surface area contributed by atoms with Crippen molar-refractivity contribution in [3.8, 4) is 5.75 Å². The van der Waals surface area contributed by atoms with E-state index in [2.05, 4.69) is 20.2 Å². The molecule has 4 rings (SSSR count). The molecule has 162 valence electrons. The zero-order chi connectivity index (χ0) is 22.0. The number of anilines is 1. The first-order chi connectivity index (χ1) is 14.9. The molecule has 0 fully saturated rings. The summed E-state index contributed by atoms with van der Waals surface area (Å²) in [7, 11) is -2.28. The van der Waals surface area contributed by atoms with E-state index in [-0.39, 0.29) is 21.4 Å². The normalized spacial score (nSPS) is 15.9. The minimum atomic E-state index is -3.89. The van der Waals surface area contributed by atoms with Crippen molar-refractivity contribution < 1.29 is 17.9 Å². The van der Waals surface area contributed by atoms with E-state index in [1.165, 1.54) is 0 Å². The third kappa shape index (κ3) is 4.76. The molecule has 0 unspecified atom stereocenters.